The maximum absolute atomic E-state index is 6.00. The van der Waals surface area contributed by atoms with Crippen molar-refractivity contribution in [2.75, 3.05) is 13.2 Å². The van der Waals surface area contributed by atoms with Crippen molar-refractivity contribution in [3.8, 4) is 0 Å². The van der Waals surface area contributed by atoms with E-state index in [1.165, 1.54) is 0 Å². The molecule has 0 aliphatic carbocycles. The zero-order valence-corrected chi connectivity index (χ0v) is 13.4. The van der Waals surface area contributed by atoms with E-state index in [4.69, 9.17) is 4.74 Å². The quantitative estimate of drug-likeness (QED) is 0.870. The highest BCUT2D eigenvalue weighted by Crippen LogP contribution is 2.30. The monoisotopic (exact) mass is 326 g/mol. The van der Waals surface area contributed by atoms with E-state index in [1.54, 1.807) is 0 Å². The zero-order valence-electron chi connectivity index (χ0n) is 11.8. The lowest BCUT2D eigenvalue weighted by Gasteiger charge is -2.34. The van der Waals surface area contributed by atoms with E-state index in [1.807, 2.05) is 6.20 Å². The third kappa shape index (κ3) is 4.01. The maximum Gasteiger partial charge on any atom is 0.0811 e. The molecule has 1 aliphatic rings. The van der Waals surface area contributed by atoms with Crippen molar-refractivity contribution < 1.29 is 4.74 Å². The van der Waals surface area contributed by atoms with Gasteiger partial charge < -0.3 is 10.1 Å². The Morgan fingerprint density at radius 2 is 2.37 bits per heavy atom. The third-order valence-electron chi connectivity index (χ3n) is 3.83. The van der Waals surface area contributed by atoms with Crippen molar-refractivity contribution in [3.05, 3.63) is 28.5 Å². The maximum atomic E-state index is 6.00. The lowest BCUT2D eigenvalue weighted by Crippen LogP contribution is -2.50. The first-order valence-electron chi connectivity index (χ1n) is 7.12. The molecule has 3 nitrogen and oxygen atoms in total. The minimum Gasteiger partial charge on any atom is -0.374 e. The first-order chi connectivity index (χ1) is 9.14. The van der Waals surface area contributed by atoms with Crippen molar-refractivity contribution >= 4 is 15.9 Å². The summed E-state index contributed by atoms with van der Waals surface area (Å²) in [5.41, 5.74) is 1.07. The number of aromatic nitrogens is 1. The molecule has 1 aliphatic heterocycles. The Morgan fingerprint density at radius 1 is 1.53 bits per heavy atom. The molecule has 1 aromatic heterocycles. The number of hydrogen-bond donors (Lipinski definition) is 1. The molecule has 0 aromatic carbocycles. The predicted octanol–water partition coefficient (Wildman–Crippen LogP) is 3.32. The van der Waals surface area contributed by atoms with Crippen LogP contribution in [0.3, 0.4) is 0 Å². The lowest BCUT2D eigenvalue weighted by atomic mass is 9.89. The van der Waals surface area contributed by atoms with E-state index in [9.17, 15) is 0 Å². The van der Waals surface area contributed by atoms with Gasteiger partial charge in [-0.1, -0.05) is 6.92 Å². The van der Waals surface area contributed by atoms with Gasteiger partial charge in [0.2, 0.25) is 0 Å². The number of halogens is 1. The molecular formula is C15H23BrN2O. The normalized spacial score (nSPS) is 24.6. The molecule has 0 spiro atoms. The molecule has 2 rings (SSSR count). The molecule has 4 heteroatoms. The van der Waals surface area contributed by atoms with Crippen molar-refractivity contribution in [3.63, 3.8) is 0 Å². The lowest BCUT2D eigenvalue weighted by molar-refractivity contribution is -0.0116. The summed E-state index contributed by atoms with van der Waals surface area (Å²) in [7, 11) is 0. The van der Waals surface area contributed by atoms with Crippen LogP contribution in [0, 0.1) is 0 Å². The van der Waals surface area contributed by atoms with Crippen LogP contribution >= 0.6 is 15.9 Å². The van der Waals surface area contributed by atoms with Gasteiger partial charge in [-0.3, -0.25) is 4.98 Å². The minimum absolute atomic E-state index is 0.0517. The molecule has 1 saturated heterocycles. The third-order valence-corrected chi connectivity index (χ3v) is 4.30. The molecule has 1 N–H and O–H groups in total. The fourth-order valence-corrected chi connectivity index (χ4v) is 2.87. The first kappa shape index (κ1) is 14.9. The van der Waals surface area contributed by atoms with Crippen molar-refractivity contribution in [1.29, 1.82) is 0 Å². The van der Waals surface area contributed by atoms with Gasteiger partial charge in [-0.05, 0) is 60.8 Å². The smallest absolute Gasteiger partial charge is 0.0811 e. The van der Waals surface area contributed by atoms with Gasteiger partial charge in [-0.15, -0.1) is 0 Å². The average molecular weight is 327 g/mol. The van der Waals surface area contributed by atoms with E-state index < -0.39 is 0 Å². The van der Waals surface area contributed by atoms with E-state index >= 15 is 0 Å². The Balaban J connectivity index is 2.06. The Kier molecular flexibility index (Phi) is 5.37. The van der Waals surface area contributed by atoms with Gasteiger partial charge in [0.15, 0.2) is 0 Å². The molecule has 19 heavy (non-hydrogen) atoms. The number of nitrogens with one attached hydrogen (secondary N) is 1. The zero-order chi connectivity index (χ0) is 13.7. The topological polar surface area (TPSA) is 34.2 Å². The van der Waals surface area contributed by atoms with Crippen LogP contribution in [0.15, 0.2) is 22.8 Å². The second-order valence-electron chi connectivity index (χ2n) is 5.44. The van der Waals surface area contributed by atoms with Crippen LogP contribution < -0.4 is 5.32 Å². The van der Waals surface area contributed by atoms with Gasteiger partial charge in [0.05, 0.1) is 5.60 Å². The standard InChI is InChI=1S/C15H23BrN2O/c1-3-8-17-14(15(2)7-4-9-19-15)10-13-6-5-12(16)11-18-13/h5-6,11,14,17H,3-4,7-10H2,1-2H3. The molecular weight excluding hydrogens is 304 g/mol. The fraction of sp³-hybridized carbons (Fsp3) is 0.667. The average Bonchev–Trinajstić information content (AvgIpc) is 2.85. The second-order valence-corrected chi connectivity index (χ2v) is 6.36. The molecule has 0 amide bonds. The summed E-state index contributed by atoms with van der Waals surface area (Å²) in [4.78, 5) is 4.49. The summed E-state index contributed by atoms with van der Waals surface area (Å²) in [5, 5.41) is 3.64. The highest BCUT2D eigenvalue weighted by atomic mass is 79.9. The van der Waals surface area contributed by atoms with Crippen molar-refractivity contribution in [2.45, 2.75) is 51.2 Å². The van der Waals surface area contributed by atoms with Gasteiger partial charge >= 0.3 is 0 Å². The largest absolute Gasteiger partial charge is 0.374 e. The summed E-state index contributed by atoms with van der Waals surface area (Å²) in [6.07, 6.45) is 6.22. The number of hydrogen-bond acceptors (Lipinski definition) is 3. The van der Waals surface area contributed by atoms with Crippen LogP contribution in [-0.2, 0) is 11.2 Å². The molecule has 2 atom stereocenters. The van der Waals surface area contributed by atoms with Crippen LogP contribution in [0.5, 0.6) is 0 Å². The summed E-state index contributed by atoms with van der Waals surface area (Å²) >= 11 is 3.43. The Labute approximate surface area is 124 Å². The fourth-order valence-electron chi connectivity index (χ4n) is 2.63. The van der Waals surface area contributed by atoms with Crippen LogP contribution in [0.1, 0.15) is 38.8 Å². The van der Waals surface area contributed by atoms with Gasteiger partial charge in [-0.25, -0.2) is 0 Å². The Morgan fingerprint density at radius 3 is 2.95 bits per heavy atom. The van der Waals surface area contributed by atoms with Crippen molar-refractivity contribution in [1.82, 2.24) is 10.3 Å². The minimum atomic E-state index is -0.0517. The molecule has 0 saturated carbocycles. The van der Waals surface area contributed by atoms with Crippen LogP contribution in [0.4, 0.5) is 0 Å². The van der Waals surface area contributed by atoms with E-state index in [-0.39, 0.29) is 5.60 Å². The molecule has 2 heterocycles. The highest BCUT2D eigenvalue weighted by Gasteiger charge is 2.38. The van der Waals surface area contributed by atoms with Crippen LogP contribution in [0.2, 0.25) is 0 Å². The van der Waals surface area contributed by atoms with Crippen LogP contribution in [0.25, 0.3) is 0 Å². The number of rotatable bonds is 6. The summed E-state index contributed by atoms with van der Waals surface area (Å²) in [6.45, 7) is 6.33. The second kappa shape index (κ2) is 6.82. The predicted molar refractivity (Wildman–Crippen MR) is 81.3 cm³/mol. The Bertz CT molecular complexity index is 388. The summed E-state index contributed by atoms with van der Waals surface area (Å²) in [6, 6.07) is 4.48. The van der Waals surface area contributed by atoms with E-state index in [0.29, 0.717) is 6.04 Å². The Hall–Kier alpha value is -0.450. The highest BCUT2D eigenvalue weighted by molar-refractivity contribution is 9.10. The molecule has 106 valence electrons. The number of nitrogens with zero attached hydrogens (tertiary/aromatic N) is 1. The molecule has 1 fully saturated rings. The van der Waals surface area contributed by atoms with Crippen molar-refractivity contribution in [2.24, 2.45) is 0 Å². The molecule has 0 radical (unpaired) electrons. The van der Waals surface area contributed by atoms with E-state index in [0.717, 1.165) is 49.0 Å². The van der Waals surface area contributed by atoms with Crippen LogP contribution in [-0.4, -0.2) is 29.8 Å². The number of pyridine rings is 1. The summed E-state index contributed by atoms with van der Waals surface area (Å²) < 4.78 is 7.02. The molecule has 0 bridgehead atoms. The molecule has 2 unspecified atom stereocenters. The first-order valence-corrected chi connectivity index (χ1v) is 7.91. The number of ether oxygens (including phenoxy) is 1. The SMILES string of the molecule is CCCNC(Cc1ccc(Br)cn1)C1(C)CCCO1. The van der Waals surface area contributed by atoms with Gasteiger partial charge in [0.25, 0.3) is 0 Å². The van der Waals surface area contributed by atoms with Gasteiger partial charge in [0.1, 0.15) is 0 Å². The van der Waals surface area contributed by atoms with E-state index in [2.05, 4.69) is 52.2 Å². The van der Waals surface area contributed by atoms with Gasteiger partial charge in [0, 0.05) is 35.4 Å². The van der Waals surface area contributed by atoms with Gasteiger partial charge in [-0.2, -0.15) is 0 Å². The molecule has 1 aromatic rings. The summed E-state index contributed by atoms with van der Waals surface area (Å²) in [5.74, 6) is 0.